The molecule has 0 saturated heterocycles. The molecule has 0 heterocycles. The second-order valence-corrected chi connectivity index (χ2v) is 6.91. The van der Waals surface area contributed by atoms with Gasteiger partial charge < -0.3 is 0 Å². The number of nitrogens with one attached hydrogen (secondary N) is 1. The predicted molar refractivity (Wildman–Crippen MR) is 94.7 cm³/mol. The van der Waals surface area contributed by atoms with Gasteiger partial charge in [-0.05, 0) is 43.6 Å². The molecule has 2 aliphatic carbocycles. The summed E-state index contributed by atoms with van der Waals surface area (Å²) in [5.41, 5.74) is 3.36. The molecule has 2 fully saturated rings. The minimum atomic E-state index is -0.643. The topological polar surface area (TPSA) is 111 Å². The van der Waals surface area contributed by atoms with Crippen molar-refractivity contribution in [2.24, 2.45) is 16.9 Å². The zero-order valence-electron chi connectivity index (χ0n) is 14.0. The fourth-order valence-corrected chi connectivity index (χ4v) is 4.03. The summed E-state index contributed by atoms with van der Waals surface area (Å²) in [5, 5.41) is 26.3. The fourth-order valence-electron chi connectivity index (χ4n) is 4.03. The Hall–Kier alpha value is -2.51. The SMILES string of the molecule is O=[N+]([O-])c1ccc(NN=C2CCCC(C3CCCC3)C2)c([N+](=O)[O-])c1. The predicted octanol–water partition coefficient (Wildman–Crippen LogP) is 4.65. The second-order valence-electron chi connectivity index (χ2n) is 6.91. The van der Waals surface area contributed by atoms with Crippen molar-refractivity contribution in [1.29, 1.82) is 0 Å². The average Bonchev–Trinajstić information content (AvgIpc) is 3.14. The third-order valence-electron chi connectivity index (χ3n) is 5.33. The summed E-state index contributed by atoms with van der Waals surface area (Å²) < 4.78 is 0. The largest absolute Gasteiger partial charge is 0.301 e. The van der Waals surface area contributed by atoms with Gasteiger partial charge in [0.05, 0.1) is 15.9 Å². The lowest BCUT2D eigenvalue weighted by molar-refractivity contribution is -0.393. The molecule has 1 aromatic rings. The third kappa shape index (κ3) is 4.12. The lowest BCUT2D eigenvalue weighted by atomic mass is 9.78. The Morgan fingerprint density at radius 2 is 1.72 bits per heavy atom. The van der Waals surface area contributed by atoms with Crippen LogP contribution in [0.5, 0.6) is 0 Å². The number of anilines is 1. The van der Waals surface area contributed by atoms with Gasteiger partial charge in [-0.3, -0.25) is 25.7 Å². The Bertz CT molecular complexity index is 698. The van der Waals surface area contributed by atoms with Crippen LogP contribution in [-0.2, 0) is 0 Å². The molecule has 0 radical (unpaired) electrons. The molecule has 0 bridgehead atoms. The van der Waals surface area contributed by atoms with Crippen LogP contribution in [0.1, 0.15) is 51.4 Å². The summed E-state index contributed by atoms with van der Waals surface area (Å²) in [4.78, 5) is 20.7. The molecular weight excluding hydrogens is 324 g/mol. The van der Waals surface area contributed by atoms with Gasteiger partial charge in [0, 0.05) is 11.8 Å². The van der Waals surface area contributed by atoms with E-state index in [0.29, 0.717) is 5.92 Å². The van der Waals surface area contributed by atoms with E-state index in [0.717, 1.165) is 37.0 Å². The maximum absolute atomic E-state index is 11.2. The summed E-state index contributed by atoms with van der Waals surface area (Å²) in [6.45, 7) is 0. The van der Waals surface area contributed by atoms with Gasteiger partial charge in [0.1, 0.15) is 5.69 Å². The molecular formula is C17H22N4O4. The highest BCUT2D eigenvalue weighted by molar-refractivity contribution is 5.86. The highest BCUT2D eigenvalue weighted by Gasteiger charge is 2.28. The van der Waals surface area contributed by atoms with E-state index in [1.54, 1.807) is 0 Å². The van der Waals surface area contributed by atoms with Crippen LogP contribution in [0.3, 0.4) is 0 Å². The third-order valence-corrected chi connectivity index (χ3v) is 5.33. The molecule has 0 amide bonds. The van der Waals surface area contributed by atoms with Crippen LogP contribution in [-0.4, -0.2) is 15.6 Å². The van der Waals surface area contributed by atoms with Gasteiger partial charge in [-0.25, -0.2) is 0 Å². The lowest BCUT2D eigenvalue weighted by Crippen LogP contribution is -2.22. The van der Waals surface area contributed by atoms with Gasteiger partial charge in [0.25, 0.3) is 5.69 Å². The van der Waals surface area contributed by atoms with Crippen molar-refractivity contribution in [3.8, 4) is 0 Å². The van der Waals surface area contributed by atoms with Crippen molar-refractivity contribution < 1.29 is 9.85 Å². The Morgan fingerprint density at radius 1 is 1.00 bits per heavy atom. The molecule has 3 rings (SSSR count). The van der Waals surface area contributed by atoms with Gasteiger partial charge in [-0.15, -0.1) is 0 Å². The summed E-state index contributed by atoms with van der Waals surface area (Å²) in [5.74, 6) is 1.46. The first-order chi connectivity index (χ1) is 12.0. The van der Waals surface area contributed by atoms with Crippen molar-refractivity contribution in [1.82, 2.24) is 0 Å². The standard InChI is InChI=1S/C17H22N4O4/c22-20(23)15-8-9-16(17(11-15)21(24)25)19-18-14-7-3-6-13(10-14)12-4-1-2-5-12/h8-9,11-13,19H,1-7,10H2. The first-order valence-corrected chi connectivity index (χ1v) is 8.79. The number of nitro groups is 2. The summed E-state index contributed by atoms with van der Waals surface area (Å²) >= 11 is 0. The Morgan fingerprint density at radius 3 is 2.40 bits per heavy atom. The van der Waals surface area contributed by atoms with E-state index < -0.39 is 9.85 Å². The molecule has 134 valence electrons. The molecule has 2 aliphatic rings. The number of hydrogen-bond donors (Lipinski definition) is 1. The number of benzene rings is 1. The summed E-state index contributed by atoms with van der Waals surface area (Å²) in [7, 11) is 0. The molecule has 25 heavy (non-hydrogen) atoms. The minimum absolute atomic E-state index is 0.186. The quantitative estimate of drug-likeness (QED) is 0.616. The highest BCUT2D eigenvalue weighted by atomic mass is 16.6. The minimum Gasteiger partial charge on any atom is -0.272 e. The normalized spacial score (nSPS) is 22.9. The number of rotatable bonds is 5. The number of nitro benzene ring substituents is 2. The Labute approximate surface area is 145 Å². The zero-order chi connectivity index (χ0) is 17.8. The van der Waals surface area contributed by atoms with Gasteiger partial charge >= 0.3 is 5.69 Å². The van der Waals surface area contributed by atoms with Crippen LogP contribution in [0.4, 0.5) is 17.1 Å². The van der Waals surface area contributed by atoms with Crippen LogP contribution in [0, 0.1) is 32.1 Å². The molecule has 1 atom stereocenters. The zero-order valence-corrected chi connectivity index (χ0v) is 14.0. The monoisotopic (exact) mass is 346 g/mol. The van der Waals surface area contributed by atoms with E-state index in [2.05, 4.69) is 10.5 Å². The number of hydrogen-bond acceptors (Lipinski definition) is 6. The van der Waals surface area contributed by atoms with Gasteiger partial charge in [-0.1, -0.05) is 25.7 Å². The van der Waals surface area contributed by atoms with E-state index in [9.17, 15) is 20.2 Å². The number of non-ortho nitro benzene ring substituents is 1. The van der Waals surface area contributed by atoms with Crippen molar-refractivity contribution in [3.63, 3.8) is 0 Å². The van der Waals surface area contributed by atoms with Crippen molar-refractivity contribution in [3.05, 3.63) is 38.4 Å². The molecule has 8 heteroatoms. The summed E-state index contributed by atoms with van der Waals surface area (Å²) in [6.07, 6.45) is 9.43. The van der Waals surface area contributed by atoms with Crippen LogP contribution in [0.15, 0.2) is 23.3 Å². The molecule has 2 saturated carbocycles. The van der Waals surface area contributed by atoms with Gasteiger partial charge in [-0.2, -0.15) is 5.10 Å². The Kier molecular flexibility index (Phi) is 5.25. The number of nitrogens with zero attached hydrogens (tertiary/aromatic N) is 3. The van der Waals surface area contributed by atoms with E-state index >= 15 is 0 Å². The molecule has 8 nitrogen and oxygen atoms in total. The lowest BCUT2D eigenvalue weighted by Gasteiger charge is -2.28. The molecule has 0 aromatic heterocycles. The van der Waals surface area contributed by atoms with E-state index in [-0.39, 0.29) is 17.1 Å². The van der Waals surface area contributed by atoms with Crippen molar-refractivity contribution in [2.75, 3.05) is 5.43 Å². The molecule has 1 unspecified atom stereocenters. The van der Waals surface area contributed by atoms with Crippen molar-refractivity contribution >= 4 is 22.8 Å². The van der Waals surface area contributed by atoms with Crippen molar-refractivity contribution in [2.45, 2.75) is 51.4 Å². The first kappa shape index (κ1) is 17.3. The van der Waals surface area contributed by atoms with E-state index in [4.69, 9.17) is 0 Å². The van der Waals surface area contributed by atoms with Crippen LogP contribution in [0.25, 0.3) is 0 Å². The van der Waals surface area contributed by atoms with Crippen LogP contribution < -0.4 is 5.43 Å². The number of hydrazone groups is 1. The van der Waals surface area contributed by atoms with E-state index in [1.165, 1.54) is 44.2 Å². The Balaban J connectivity index is 1.72. The van der Waals surface area contributed by atoms with E-state index in [1.807, 2.05) is 0 Å². The first-order valence-electron chi connectivity index (χ1n) is 8.79. The molecule has 0 spiro atoms. The smallest absolute Gasteiger partial charge is 0.272 e. The maximum atomic E-state index is 11.2. The maximum Gasteiger partial charge on any atom is 0.301 e. The fraction of sp³-hybridized carbons (Fsp3) is 0.588. The molecule has 1 N–H and O–H groups in total. The van der Waals surface area contributed by atoms with Gasteiger partial charge in [0.15, 0.2) is 0 Å². The van der Waals surface area contributed by atoms with Crippen LogP contribution in [0.2, 0.25) is 0 Å². The summed E-state index contributed by atoms with van der Waals surface area (Å²) in [6, 6.07) is 3.56. The molecule has 1 aromatic carbocycles. The van der Waals surface area contributed by atoms with Crippen LogP contribution >= 0.6 is 0 Å². The highest BCUT2D eigenvalue weighted by Crippen LogP contribution is 2.38. The average molecular weight is 346 g/mol. The van der Waals surface area contributed by atoms with Gasteiger partial charge in [0.2, 0.25) is 0 Å². The second kappa shape index (κ2) is 7.58. The molecule has 0 aliphatic heterocycles.